The lowest BCUT2D eigenvalue weighted by Gasteiger charge is -2.06. The Balaban J connectivity index is 2.19. The Hall–Kier alpha value is -2.44. The maximum absolute atomic E-state index is 9.66. The standard InChI is InChI=1S/C16H14Cl2N2O4/c1-23-13-5-9(3-11(17)15(13)21)7-19-20-8-10-4-12(18)16(22)14(6-10)24-2/h3-8,21-22H,1-2H3. The molecule has 24 heavy (non-hydrogen) atoms. The average molecular weight is 369 g/mol. The highest BCUT2D eigenvalue weighted by Crippen LogP contribution is 2.35. The molecule has 0 fully saturated rings. The lowest BCUT2D eigenvalue weighted by molar-refractivity contribution is 0.373. The summed E-state index contributed by atoms with van der Waals surface area (Å²) in [6.45, 7) is 0. The average Bonchev–Trinajstić information content (AvgIpc) is 2.57. The summed E-state index contributed by atoms with van der Waals surface area (Å²) in [5, 5.41) is 27.4. The number of aromatic hydroxyl groups is 2. The van der Waals surface area contributed by atoms with Crippen LogP contribution >= 0.6 is 23.2 Å². The van der Waals surface area contributed by atoms with Gasteiger partial charge in [0, 0.05) is 11.1 Å². The van der Waals surface area contributed by atoms with Crippen LogP contribution in [-0.2, 0) is 0 Å². The van der Waals surface area contributed by atoms with E-state index < -0.39 is 0 Å². The maximum atomic E-state index is 9.66. The molecule has 0 amide bonds. The lowest BCUT2D eigenvalue weighted by atomic mass is 10.2. The van der Waals surface area contributed by atoms with Gasteiger partial charge in [-0.25, -0.2) is 0 Å². The Bertz CT molecular complexity index is 740. The molecule has 0 aromatic heterocycles. The Morgan fingerprint density at radius 3 is 1.50 bits per heavy atom. The molecule has 0 bridgehead atoms. The van der Waals surface area contributed by atoms with Crippen molar-refractivity contribution in [2.24, 2.45) is 10.2 Å². The number of halogens is 2. The number of ether oxygens (including phenoxy) is 2. The number of nitrogens with zero attached hydrogens (tertiary/aromatic N) is 2. The molecule has 0 atom stereocenters. The molecule has 0 saturated carbocycles. The van der Waals surface area contributed by atoms with E-state index in [1.807, 2.05) is 0 Å². The van der Waals surface area contributed by atoms with Crippen LogP contribution in [0.5, 0.6) is 23.0 Å². The van der Waals surface area contributed by atoms with Crippen LogP contribution in [0.2, 0.25) is 10.0 Å². The topological polar surface area (TPSA) is 83.6 Å². The maximum Gasteiger partial charge on any atom is 0.176 e. The molecule has 2 N–H and O–H groups in total. The van der Waals surface area contributed by atoms with Gasteiger partial charge in [-0.3, -0.25) is 0 Å². The second kappa shape index (κ2) is 7.90. The van der Waals surface area contributed by atoms with E-state index in [0.29, 0.717) is 11.1 Å². The molecule has 0 saturated heterocycles. The van der Waals surface area contributed by atoms with Crippen molar-refractivity contribution in [2.75, 3.05) is 14.2 Å². The molecule has 0 aliphatic heterocycles. The van der Waals surface area contributed by atoms with Gasteiger partial charge in [-0.05, 0) is 24.3 Å². The quantitative estimate of drug-likeness (QED) is 0.619. The van der Waals surface area contributed by atoms with E-state index in [1.165, 1.54) is 38.8 Å². The molecule has 8 heteroatoms. The smallest absolute Gasteiger partial charge is 0.176 e. The summed E-state index contributed by atoms with van der Waals surface area (Å²) in [5.74, 6) is 0.210. The van der Waals surface area contributed by atoms with Crippen molar-refractivity contribution in [1.29, 1.82) is 0 Å². The van der Waals surface area contributed by atoms with Crippen molar-refractivity contribution < 1.29 is 19.7 Å². The van der Waals surface area contributed by atoms with Crippen molar-refractivity contribution in [3.63, 3.8) is 0 Å². The lowest BCUT2D eigenvalue weighted by Crippen LogP contribution is -1.89. The van der Waals surface area contributed by atoms with Crippen molar-refractivity contribution in [3.8, 4) is 23.0 Å². The number of hydrogen-bond donors (Lipinski definition) is 2. The van der Waals surface area contributed by atoms with Gasteiger partial charge in [0.15, 0.2) is 23.0 Å². The monoisotopic (exact) mass is 368 g/mol. The van der Waals surface area contributed by atoms with Crippen LogP contribution in [0, 0.1) is 0 Å². The third-order valence-corrected chi connectivity index (χ3v) is 3.60. The normalized spacial score (nSPS) is 11.3. The van der Waals surface area contributed by atoms with Crippen molar-refractivity contribution in [1.82, 2.24) is 0 Å². The van der Waals surface area contributed by atoms with Crippen LogP contribution in [0.4, 0.5) is 0 Å². The van der Waals surface area contributed by atoms with Crippen LogP contribution in [0.3, 0.4) is 0 Å². The SMILES string of the molecule is COc1cc(C=NN=Cc2cc(Cl)c(O)c(OC)c2)cc(Cl)c1O. The van der Waals surface area contributed by atoms with E-state index in [-0.39, 0.29) is 33.0 Å². The largest absolute Gasteiger partial charge is 0.503 e. The third kappa shape index (κ3) is 4.10. The highest BCUT2D eigenvalue weighted by atomic mass is 35.5. The number of methoxy groups -OCH3 is 2. The van der Waals surface area contributed by atoms with Gasteiger partial charge < -0.3 is 19.7 Å². The molecule has 0 heterocycles. The van der Waals surface area contributed by atoms with E-state index in [4.69, 9.17) is 32.7 Å². The van der Waals surface area contributed by atoms with Gasteiger partial charge in [0.1, 0.15) is 0 Å². The highest BCUT2D eigenvalue weighted by Gasteiger charge is 2.08. The van der Waals surface area contributed by atoms with Gasteiger partial charge in [0.05, 0.1) is 36.7 Å². The number of benzene rings is 2. The minimum atomic E-state index is -0.134. The zero-order chi connectivity index (χ0) is 17.7. The second-order valence-electron chi connectivity index (χ2n) is 4.60. The Kier molecular flexibility index (Phi) is 5.89. The summed E-state index contributed by atoms with van der Waals surface area (Å²) >= 11 is 11.8. The number of phenolic OH excluding ortho intramolecular Hbond substituents is 2. The first kappa shape index (κ1) is 17.9. The number of rotatable bonds is 5. The molecular weight excluding hydrogens is 355 g/mol. The van der Waals surface area contributed by atoms with Crippen LogP contribution in [-0.4, -0.2) is 36.9 Å². The Labute approximate surface area is 148 Å². The van der Waals surface area contributed by atoms with Crippen LogP contribution in [0.15, 0.2) is 34.5 Å². The highest BCUT2D eigenvalue weighted by molar-refractivity contribution is 6.32. The molecule has 0 radical (unpaired) electrons. The van der Waals surface area contributed by atoms with E-state index in [9.17, 15) is 10.2 Å². The summed E-state index contributed by atoms with van der Waals surface area (Å²) < 4.78 is 10.0. The third-order valence-electron chi connectivity index (χ3n) is 3.02. The minimum absolute atomic E-state index is 0.134. The fourth-order valence-electron chi connectivity index (χ4n) is 1.85. The number of phenols is 2. The zero-order valence-corrected chi connectivity index (χ0v) is 14.3. The summed E-state index contributed by atoms with van der Waals surface area (Å²) in [5.41, 5.74) is 1.21. The molecule has 0 aliphatic rings. The molecule has 126 valence electrons. The van der Waals surface area contributed by atoms with Crippen LogP contribution in [0.1, 0.15) is 11.1 Å². The van der Waals surface area contributed by atoms with E-state index in [2.05, 4.69) is 10.2 Å². The van der Waals surface area contributed by atoms with E-state index in [0.717, 1.165) is 0 Å². The predicted octanol–water partition coefficient (Wildman–Crippen LogP) is 3.87. The molecule has 2 aromatic rings. The molecule has 0 spiro atoms. The fraction of sp³-hybridized carbons (Fsp3) is 0.125. The molecule has 2 rings (SSSR count). The van der Waals surface area contributed by atoms with Crippen molar-refractivity contribution in [2.45, 2.75) is 0 Å². The summed E-state index contributed by atoms with van der Waals surface area (Å²) in [4.78, 5) is 0. The van der Waals surface area contributed by atoms with Gasteiger partial charge in [-0.1, -0.05) is 23.2 Å². The summed E-state index contributed by atoms with van der Waals surface area (Å²) in [7, 11) is 2.85. The van der Waals surface area contributed by atoms with Crippen LogP contribution in [0.25, 0.3) is 0 Å². The van der Waals surface area contributed by atoms with Gasteiger partial charge >= 0.3 is 0 Å². The van der Waals surface area contributed by atoms with E-state index in [1.54, 1.807) is 12.1 Å². The molecule has 0 unspecified atom stereocenters. The van der Waals surface area contributed by atoms with Gasteiger partial charge in [-0.15, -0.1) is 0 Å². The summed E-state index contributed by atoms with van der Waals surface area (Å²) in [6, 6.07) is 6.19. The molecule has 0 aliphatic carbocycles. The summed E-state index contributed by atoms with van der Waals surface area (Å²) in [6.07, 6.45) is 2.90. The Morgan fingerprint density at radius 1 is 0.792 bits per heavy atom. The van der Waals surface area contributed by atoms with E-state index >= 15 is 0 Å². The zero-order valence-electron chi connectivity index (χ0n) is 12.8. The first-order chi connectivity index (χ1) is 11.5. The molecular formula is C16H14Cl2N2O4. The van der Waals surface area contributed by atoms with Gasteiger partial charge in [0.2, 0.25) is 0 Å². The first-order valence-corrected chi connectivity index (χ1v) is 7.41. The van der Waals surface area contributed by atoms with Gasteiger partial charge in [-0.2, -0.15) is 10.2 Å². The minimum Gasteiger partial charge on any atom is -0.503 e. The van der Waals surface area contributed by atoms with Crippen molar-refractivity contribution >= 4 is 35.6 Å². The molecule has 6 nitrogen and oxygen atoms in total. The second-order valence-corrected chi connectivity index (χ2v) is 5.41. The van der Waals surface area contributed by atoms with Gasteiger partial charge in [0.25, 0.3) is 0 Å². The predicted molar refractivity (Wildman–Crippen MR) is 94.5 cm³/mol. The molecule has 2 aromatic carbocycles. The van der Waals surface area contributed by atoms with Crippen LogP contribution < -0.4 is 9.47 Å². The first-order valence-electron chi connectivity index (χ1n) is 6.65. The Morgan fingerprint density at radius 2 is 1.17 bits per heavy atom. The fourth-order valence-corrected chi connectivity index (χ4v) is 2.29. The number of hydrogen-bond acceptors (Lipinski definition) is 6. The van der Waals surface area contributed by atoms with Crippen molar-refractivity contribution in [3.05, 3.63) is 45.4 Å².